The number of alkyl halides is 3. The number of hydrogen-bond donors (Lipinski definition) is 1. The number of nitrogens with one attached hydrogen (secondary N) is 1. The van der Waals surface area contributed by atoms with Crippen molar-refractivity contribution in [2.45, 2.75) is 6.18 Å². The highest BCUT2D eigenvalue weighted by Crippen LogP contribution is 2.34. The lowest BCUT2D eigenvalue weighted by Crippen LogP contribution is -2.15. The number of anilines is 1. The van der Waals surface area contributed by atoms with Crippen molar-refractivity contribution in [1.29, 1.82) is 0 Å². The SMILES string of the molecule is Cn1c(NC(=O)c2ccc(-c3cc(C(F)(F)F)nn3-c3ccccc3Cl)cc2)nc2ccccc21.[HH]. The van der Waals surface area contributed by atoms with E-state index in [0.29, 0.717) is 22.8 Å². The first kappa shape index (κ1) is 22.7. The van der Waals surface area contributed by atoms with Crippen LogP contribution < -0.4 is 5.32 Å². The summed E-state index contributed by atoms with van der Waals surface area (Å²) in [4.78, 5) is 17.2. The number of hydrogen-bond acceptors (Lipinski definition) is 3. The second-order valence-corrected chi connectivity index (χ2v) is 8.20. The Morgan fingerprint density at radius 1 is 1.00 bits per heavy atom. The number of rotatable bonds is 4. The van der Waals surface area contributed by atoms with Gasteiger partial charge in [-0.3, -0.25) is 10.1 Å². The molecule has 0 unspecified atom stereocenters. The fourth-order valence-electron chi connectivity index (χ4n) is 3.76. The monoisotopic (exact) mass is 497 g/mol. The van der Waals surface area contributed by atoms with Crippen molar-refractivity contribution >= 4 is 34.5 Å². The van der Waals surface area contributed by atoms with Crippen molar-refractivity contribution in [2.24, 2.45) is 7.05 Å². The largest absolute Gasteiger partial charge is 0.435 e. The summed E-state index contributed by atoms with van der Waals surface area (Å²) in [6.45, 7) is 0. The molecule has 0 saturated carbocycles. The number of amides is 1. The quantitative estimate of drug-likeness (QED) is 0.304. The topological polar surface area (TPSA) is 64.7 Å². The van der Waals surface area contributed by atoms with Gasteiger partial charge in [0, 0.05) is 19.6 Å². The highest BCUT2D eigenvalue weighted by molar-refractivity contribution is 6.32. The number of imidazole rings is 1. The maximum Gasteiger partial charge on any atom is 0.435 e. The summed E-state index contributed by atoms with van der Waals surface area (Å²) in [5, 5.41) is 6.78. The number of nitrogens with zero attached hydrogens (tertiary/aromatic N) is 4. The molecule has 3 aromatic carbocycles. The number of fused-ring (bicyclic) bond motifs is 1. The summed E-state index contributed by atoms with van der Waals surface area (Å²) in [6.07, 6.45) is -4.63. The minimum Gasteiger partial charge on any atom is -0.313 e. The molecule has 0 saturated heterocycles. The van der Waals surface area contributed by atoms with Crippen LogP contribution in [-0.2, 0) is 13.2 Å². The number of benzene rings is 3. The van der Waals surface area contributed by atoms with Gasteiger partial charge < -0.3 is 4.57 Å². The molecule has 1 amide bonds. The van der Waals surface area contributed by atoms with E-state index in [1.54, 1.807) is 48.0 Å². The van der Waals surface area contributed by atoms with Crippen LogP contribution in [0.25, 0.3) is 28.0 Å². The van der Waals surface area contributed by atoms with Gasteiger partial charge in [-0.1, -0.05) is 48.0 Å². The van der Waals surface area contributed by atoms with Crippen molar-refractivity contribution in [3.05, 3.63) is 95.1 Å². The summed E-state index contributed by atoms with van der Waals surface area (Å²) >= 11 is 6.22. The van der Waals surface area contributed by atoms with E-state index in [4.69, 9.17) is 11.6 Å². The summed E-state index contributed by atoms with van der Waals surface area (Å²) < 4.78 is 43.2. The summed E-state index contributed by atoms with van der Waals surface area (Å²) in [7, 11) is 1.79. The number of para-hydroxylation sites is 3. The van der Waals surface area contributed by atoms with Crippen LogP contribution in [0, 0.1) is 0 Å². The minimum atomic E-state index is -4.63. The smallest absolute Gasteiger partial charge is 0.313 e. The second kappa shape index (κ2) is 8.59. The molecule has 2 aromatic heterocycles. The molecule has 1 N–H and O–H groups in total. The van der Waals surface area contributed by atoms with Crippen molar-refractivity contribution < 1.29 is 19.4 Å². The van der Waals surface area contributed by atoms with Gasteiger partial charge in [0.2, 0.25) is 5.95 Å². The third-order valence-electron chi connectivity index (χ3n) is 5.54. The van der Waals surface area contributed by atoms with Crippen LogP contribution in [0.3, 0.4) is 0 Å². The van der Waals surface area contributed by atoms with Gasteiger partial charge in [-0.2, -0.15) is 18.3 Å². The first-order chi connectivity index (χ1) is 16.7. The molecule has 0 aliphatic rings. The Labute approximate surface area is 204 Å². The van der Waals surface area contributed by atoms with E-state index in [1.165, 1.54) is 12.1 Å². The van der Waals surface area contributed by atoms with Gasteiger partial charge in [-0.25, -0.2) is 9.67 Å². The molecular formula is C25H19ClF3N5O. The van der Waals surface area contributed by atoms with Gasteiger partial charge >= 0.3 is 6.18 Å². The number of aromatic nitrogens is 4. The molecule has 0 radical (unpaired) electrons. The fourth-order valence-corrected chi connectivity index (χ4v) is 3.97. The number of carbonyl (C=O) groups excluding carboxylic acids is 1. The Hall–Kier alpha value is -4.11. The average Bonchev–Trinajstić information content (AvgIpc) is 3.42. The Bertz CT molecular complexity index is 1560. The molecule has 0 fully saturated rings. The van der Waals surface area contributed by atoms with E-state index in [1.807, 2.05) is 24.3 Å². The zero-order valence-corrected chi connectivity index (χ0v) is 19.0. The van der Waals surface area contributed by atoms with Crippen LogP contribution in [0.1, 0.15) is 17.5 Å². The number of aryl methyl sites for hydroxylation is 1. The van der Waals surface area contributed by atoms with Crippen molar-refractivity contribution in [1.82, 2.24) is 19.3 Å². The third-order valence-corrected chi connectivity index (χ3v) is 5.86. The number of carbonyl (C=O) groups is 1. The lowest BCUT2D eigenvalue weighted by Gasteiger charge is -2.10. The average molecular weight is 498 g/mol. The molecule has 5 rings (SSSR count). The molecule has 0 aliphatic heterocycles. The molecule has 2 heterocycles. The van der Waals surface area contributed by atoms with Crippen LogP contribution in [0.4, 0.5) is 19.1 Å². The third kappa shape index (κ3) is 4.26. The van der Waals surface area contributed by atoms with Crippen molar-refractivity contribution in [2.75, 3.05) is 5.32 Å². The fraction of sp³-hybridized carbons (Fsp3) is 0.0800. The van der Waals surface area contributed by atoms with Crippen LogP contribution in [0.5, 0.6) is 0 Å². The van der Waals surface area contributed by atoms with Gasteiger partial charge in [0.05, 0.1) is 27.4 Å². The van der Waals surface area contributed by atoms with Crippen molar-refractivity contribution in [3.63, 3.8) is 0 Å². The summed E-state index contributed by atoms with van der Waals surface area (Å²) in [5.41, 5.74) is 1.82. The Morgan fingerprint density at radius 3 is 2.37 bits per heavy atom. The maximum absolute atomic E-state index is 13.4. The highest BCUT2D eigenvalue weighted by Gasteiger charge is 2.35. The van der Waals surface area contributed by atoms with Gasteiger partial charge in [0.1, 0.15) is 0 Å². The molecule has 178 valence electrons. The van der Waals surface area contributed by atoms with E-state index in [9.17, 15) is 18.0 Å². The maximum atomic E-state index is 13.4. The van der Waals surface area contributed by atoms with E-state index in [-0.39, 0.29) is 12.1 Å². The first-order valence-electron chi connectivity index (χ1n) is 10.5. The molecule has 0 spiro atoms. The molecule has 10 heteroatoms. The molecule has 6 nitrogen and oxygen atoms in total. The Balaban J connectivity index is 0.00000304. The highest BCUT2D eigenvalue weighted by atomic mass is 35.5. The van der Waals surface area contributed by atoms with Crippen LogP contribution in [-0.4, -0.2) is 25.2 Å². The standard InChI is InChI=1S/C25H17ClF3N5O.H2/c1-33-20-9-5-3-7-18(20)30-24(33)31-23(35)16-12-10-15(11-13-16)21-14-22(25(27,28)29)32-34(21)19-8-4-2-6-17(19)26;/h2-14H,1H3,(H,30,31,35);1H. The van der Waals surface area contributed by atoms with E-state index < -0.39 is 17.8 Å². The number of halogens is 4. The predicted molar refractivity (Wildman–Crippen MR) is 130 cm³/mol. The van der Waals surface area contributed by atoms with Crippen LogP contribution in [0.2, 0.25) is 5.02 Å². The van der Waals surface area contributed by atoms with E-state index in [2.05, 4.69) is 15.4 Å². The van der Waals surface area contributed by atoms with Gasteiger partial charge in [-0.15, -0.1) is 0 Å². The molecule has 35 heavy (non-hydrogen) atoms. The molecule has 0 aliphatic carbocycles. The van der Waals surface area contributed by atoms with Gasteiger partial charge in [-0.05, 0) is 42.5 Å². The molecule has 5 aromatic rings. The molecular weight excluding hydrogens is 479 g/mol. The van der Waals surface area contributed by atoms with Gasteiger partial charge in [0.15, 0.2) is 5.69 Å². The first-order valence-corrected chi connectivity index (χ1v) is 10.9. The summed E-state index contributed by atoms with van der Waals surface area (Å²) in [5.74, 6) is -0.0163. The normalized spacial score (nSPS) is 11.7. The second-order valence-electron chi connectivity index (χ2n) is 7.79. The van der Waals surface area contributed by atoms with E-state index >= 15 is 0 Å². The van der Waals surface area contributed by atoms with E-state index in [0.717, 1.165) is 21.8 Å². The molecule has 0 atom stereocenters. The minimum absolute atomic E-state index is 0. The van der Waals surface area contributed by atoms with Crippen LogP contribution in [0.15, 0.2) is 78.9 Å². The lowest BCUT2D eigenvalue weighted by atomic mass is 10.1. The lowest BCUT2D eigenvalue weighted by molar-refractivity contribution is -0.141. The Kier molecular flexibility index (Phi) is 5.56. The van der Waals surface area contributed by atoms with Crippen LogP contribution >= 0.6 is 11.6 Å². The van der Waals surface area contributed by atoms with Crippen molar-refractivity contribution in [3.8, 4) is 16.9 Å². The Morgan fingerprint density at radius 2 is 1.69 bits per heavy atom. The van der Waals surface area contributed by atoms with Gasteiger partial charge in [0.25, 0.3) is 5.91 Å². The summed E-state index contributed by atoms with van der Waals surface area (Å²) in [6, 6.07) is 21.1. The zero-order valence-electron chi connectivity index (χ0n) is 18.2. The molecule has 0 bridgehead atoms. The predicted octanol–water partition coefficient (Wildman–Crippen LogP) is 6.60. The zero-order chi connectivity index (χ0) is 24.7.